The third-order valence-electron chi connectivity index (χ3n) is 3.45. The maximum atomic E-state index is 5.85. The molecule has 1 aromatic carbocycles. The predicted octanol–water partition coefficient (Wildman–Crippen LogP) is 1.92. The van der Waals surface area contributed by atoms with Crippen LogP contribution < -0.4 is 4.74 Å². The maximum absolute atomic E-state index is 5.85. The molecule has 0 amide bonds. The molecular formula is C15H19N3O3. The van der Waals surface area contributed by atoms with E-state index >= 15 is 0 Å². The average Bonchev–Trinajstić information content (AvgIpc) is 3.08. The zero-order chi connectivity index (χ0) is 14.5. The molecule has 6 nitrogen and oxygen atoms in total. The monoisotopic (exact) mass is 289 g/mol. The average molecular weight is 289 g/mol. The van der Waals surface area contributed by atoms with Crippen LogP contribution in [0.15, 0.2) is 36.5 Å². The summed E-state index contributed by atoms with van der Waals surface area (Å²) in [5.41, 5.74) is 2.02. The first-order valence-corrected chi connectivity index (χ1v) is 6.97. The van der Waals surface area contributed by atoms with Gasteiger partial charge in [0.2, 0.25) is 0 Å². The molecule has 112 valence electrons. The number of methoxy groups -OCH3 is 1. The molecule has 0 spiro atoms. The molecule has 1 atom stereocenters. The lowest BCUT2D eigenvalue weighted by Crippen LogP contribution is -2.38. The van der Waals surface area contributed by atoms with Gasteiger partial charge in [0.1, 0.15) is 11.9 Å². The van der Waals surface area contributed by atoms with Gasteiger partial charge < -0.3 is 9.47 Å². The number of H-pyrrole nitrogens is 1. The highest BCUT2D eigenvalue weighted by Crippen LogP contribution is 2.21. The zero-order valence-corrected chi connectivity index (χ0v) is 12.0. The largest absolute Gasteiger partial charge is 0.497 e. The highest BCUT2D eigenvalue weighted by atomic mass is 16.7. The Bertz CT molecular complexity index is 542. The Morgan fingerprint density at radius 1 is 1.33 bits per heavy atom. The molecule has 1 N–H and O–H groups in total. The minimum atomic E-state index is -0.0409. The first kappa shape index (κ1) is 14.1. The number of morpholine rings is 1. The van der Waals surface area contributed by atoms with Gasteiger partial charge in [-0.25, -0.2) is 0 Å². The van der Waals surface area contributed by atoms with Gasteiger partial charge in [0.25, 0.3) is 0 Å². The topological polar surface area (TPSA) is 59.6 Å². The van der Waals surface area contributed by atoms with Gasteiger partial charge in [0.05, 0.1) is 32.6 Å². The van der Waals surface area contributed by atoms with E-state index < -0.39 is 0 Å². The van der Waals surface area contributed by atoms with Crippen LogP contribution in [-0.2, 0) is 16.2 Å². The fraction of sp³-hybridized carbons (Fsp3) is 0.400. The van der Waals surface area contributed by atoms with Gasteiger partial charge in [-0.15, -0.1) is 0 Å². The minimum absolute atomic E-state index is 0.0409. The lowest BCUT2D eigenvalue weighted by Gasteiger charge is -2.31. The van der Waals surface area contributed by atoms with Crippen LogP contribution in [0.1, 0.15) is 17.4 Å². The summed E-state index contributed by atoms with van der Waals surface area (Å²) < 4.78 is 10.9. The van der Waals surface area contributed by atoms with E-state index in [4.69, 9.17) is 14.3 Å². The molecule has 6 heteroatoms. The lowest BCUT2D eigenvalue weighted by atomic mass is 10.2. The third-order valence-corrected chi connectivity index (χ3v) is 3.45. The molecule has 0 bridgehead atoms. The van der Waals surface area contributed by atoms with E-state index in [1.807, 2.05) is 35.4 Å². The van der Waals surface area contributed by atoms with Gasteiger partial charge in [0.15, 0.2) is 0 Å². The number of nitrogens with one attached hydrogen (secondary N) is 1. The summed E-state index contributed by atoms with van der Waals surface area (Å²) in [6.45, 7) is 2.62. The van der Waals surface area contributed by atoms with Crippen LogP contribution in [0.25, 0.3) is 0 Å². The van der Waals surface area contributed by atoms with E-state index in [0.29, 0.717) is 19.8 Å². The fourth-order valence-electron chi connectivity index (χ4n) is 2.26. The van der Waals surface area contributed by atoms with E-state index in [0.717, 1.165) is 23.6 Å². The summed E-state index contributed by atoms with van der Waals surface area (Å²) in [6, 6.07) is 9.81. The number of rotatable bonds is 5. The van der Waals surface area contributed by atoms with Crippen molar-refractivity contribution in [1.82, 2.24) is 15.3 Å². The van der Waals surface area contributed by atoms with Crippen molar-refractivity contribution >= 4 is 0 Å². The highest BCUT2D eigenvalue weighted by Gasteiger charge is 2.24. The number of ether oxygens (including phenoxy) is 2. The number of aromatic nitrogens is 2. The molecule has 0 saturated carbocycles. The second-order valence-corrected chi connectivity index (χ2v) is 4.87. The van der Waals surface area contributed by atoms with Gasteiger partial charge >= 0.3 is 0 Å². The summed E-state index contributed by atoms with van der Waals surface area (Å²) in [7, 11) is 1.66. The van der Waals surface area contributed by atoms with E-state index in [1.54, 1.807) is 13.3 Å². The number of benzene rings is 1. The van der Waals surface area contributed by atoms with Crippen molar-refractivity contribution in [2.75, 3.05) is 26.8 Å². The van der Waals surface area contributed by atoms with Crippen LogP contribution in [0.4, 0.5) is 0 Å². The molecule has 3 rings (SSSR count). The highest BCUT2D eigenvalue weighted by molar-refractivity contribution is 5.26. The van der Waals surface area contributed by atoms with Crippen molar-refractivity contribution in [3.8, 4) is 5.75 Å². The molecule has 1 aliphatic rings. The molecule has 21 heavy (non-hydrogen) atoms. The van der Waals surface area contributed by atoms with E-state index in [9.17, 15) is 0 Å². The van der Waals surface area contributed by atoms with Crippen LogP contribution in [0, 0.1) is 0 Å². The maximum Gasteiger partial charge on any atom is 0.118 e. The Hall–Kier alpha value is -1.89. The first-order valence-electron chi connectivity index (χ1n) is 6.97. The predicted molar refractivity (Wildman–Crippen MR) is 76.6 cm³/mol. The van der Waals surface area contributed by atoms with Crippen molar-refractivity contribution in [2.45, 2.75) is 12.7 Å². The second kappa shape index (κ2) is 6.71. The van der Waals surface area contributed by atoms with Gasteiger partial charge in [-0.3, -0.25) is 9.94 Å². The Balaban J connectivity index is 1.52. The van der Waals surface area contributed by atoms with Crippen molar-refractivity contribution in [3.63, 3.8) is 0 Å². The van der Waals surface area contributed by atoms with Crippen LogP contribution in [0.5, 0.6) is 5.75 Å². The Morgan fingerprint density at radius 3 is 2.90 bits per heavy atom. The second-order valence-electron chi connectivity index (χ2n) is 4.87. The summed E-state index contributed by atoms with van der Waals surface area (Å²) in [5, 5.41) is 8.91. The summed E-state index contributed by atoms with van der Waals surface area (Å²) in [4.78, 5) is 5.85. The van der Waals surface area contributed by atoms with Crippen LogP contribution in [-0.4, -0.2) is 42.1 Å². The molecule has 1 aliphatic heterocycles. The first-order chi connectivity index (χ1) is 10.3. The standard InChI is InChI=1S/C15H19N3O3/c1-19-13-4-2-12(3-5-13)11-21-18-8-9-20-15(10-18)14-6-7-16-17-14/h2-7,15H,8-11H2,1H3,(H,16,17). The molecule has 2 heterocycles. The molecule has 0 radical (unpaired) electrons. The Labute approximate surface area is 123 Å². The third kappa shape index (κ3) is 3.60. The number of hydrogen-bond acceptors (Lipinski definition) is 5. The van der Waals surface area contributed by atoms with Crippen molar-refractivity contribution in [2.24, 2.45) is 0 Å². The molecule has 1 saturated heterocycles. The molecule has 1 aromatic heterocycles. The smallest absolute Gasteiger partial charge is 0.118 e. The lowest BCUT2D eigenvalue weighted by molar-refractivity contribution is -0.221. The molecule has 0 aliphatic carbocycles. The van der Waals surface area contributed by atoms with Crippen molar-refractivity contribution in [3.05, 3.63) is 47.8 Å². The number of aromatic amines is 1. The van der Waals surface area contributed by atoms with Gasteiger partial charge in [-0.2, -0.15) is 10.2 Å². The molecule has 2 aromatic rings. The Morgan fingerprint density at radius 2 is 2.19 bits per heavy atom. The van der Waals surface area contributed by atoms with Crippen LogP contribution in [0.2, 0.25) is 0 Å². The van der Waals surface area contributed by atoms with Gasteiger partial charge in [-0.05, 0) is 23.8 Å². The van der Waals surface area contributed by atoms with Crippen LogP contribution in [0.3, 0.4) is 0 Å². The Kier molecular flexibility index (Phi) is 4.49. The molecule has 1 fully saturated rings. The van der Waals surface area contributed by atoms with Crippen LogP contribution >= 0.6 is 0 Å². The van der Waals surface area contributed by atoms with E-state index in [1.165, 1.54) is 0 Å². The molecular weight excluding hydrogens is 270 g/mol. The number of hydrogen-bond donors (Lipinski definition) is 1. The quantitative estimate of drug-likeness (QED) is 0.911. The van der Waals surface area contributed by atoms with Gasteiger partial charge in [-0.1, -0.05) is 12.1 Å². The number of hydroxylamine groups is 2. The summed E-state index contributed by atoms with van der Waals surface area (Å²) >= 11 is 0. The zero-order valence-electron chi connectivity index (χ0n) is 12.0. The molecule has 1 unspecified atom stereocenters. The summed E-state index contributed by atoms with van der Waals surface area (Å²) in [6.07, 6.45) is 1.76. The van der Waals surface area contributed by atoms with Crippen molar-refractivity contribution < 1.29 is 14.3 Å². The number of nitrogens with zero attached hydrogens (tertiary/aromatic N) is 2. The summed E-state index contributed by atoms with van der Waals surface area (Å²) in [5.74, 6) is 0.851. The van der Waals surface area contributed by atoms with Crippen molar-refractivity contribution in [1.29, 1.82) is 0 Å². The fourth-order valence-corrected chi connectivity index (χ4v) is 2.26. The minimum Gasteiger partial charge on any atom is -0.497 e. The van der Waals surface area contributed by atoms with E-state index in [-0.39, 0.29) is 6.10 Å². The van der Waals surface area contributed by atoms with E-state index in [2.05, 4.69) is 10.2 Å². The van der Waals surface area contributed by atoms with Gasteiger partial charge in [0, 0.05) is 12.7 Å². The SMILES string of the molecule is COc1ccc(CON2CCOC(c3cc[nH]n3)C2)cc1. The normalized spacial score (nSPS) is 19.6.